The second kappa shape index (κ2) is 29.4. The van der Waals surface area contributed by atoms with E-state index in [9.17, 15) is 26.3 Å². The van der Waals surface area contributed by atoms with Crippen LogP contribution in [0.1, 0.15) is 161 Å². The molecule has 0 aliphatic carbocycles. The molecule has 0 unspecified atom stereocenters. The van der Waals surface area contributed by atoms with Crippen molar-refractivity contribution in [1.82, 2.24) is 33.8 Å². The van der Waals surface area contributed by atoms with Crippen LogP contribution < -0.4 is 16.0 Å². The Hall–Kier alpha value is -5.88. The van der Waals surface area contributed by atoms with Crippen molar-refractivity contribution in [2.75, 3.05) is 62.3 Å². The molecule has 5 aromatic carbocycles. The highest BCUT2D eigenvalue weighted by Gasteiger charge is 2.30. The number of piperidine rings is 1. The molecule has 0 amide bonds. The Morgan fingerprint density at radius 2 is 0.886 bits per heavy atom. The van der Waals surface area contributed by atoms with Crippen LogP contribution in [0.15, 0.2) is 133 Å². The van der Waals surface area contributed by atoms with Gasteiger partial charge in [-0.3, -0.25) is 14.4 Å². The van der Waals surface area contributed by atoms with Crippen molar-refractivity contribution in [3.8, 4) is 22.6 Å². The summed E-state index contributed by atoms with van der Waals surface area (Å²) in [5.41, 5.74) is 6.90. The number of nitrogens with one attached hydrogen (secondary N) is 3. The summed E-state index contributed by atoms with van der Waals surface area (Å²) in [6.45, 7) is 44.3. The average Bonchev–Trinajstić information content (AvgIpc) is 1.61. The van der Waals surface area contributed by atoms with E-state index < -0.39 is 17.8 Å². The van der Waals surface area contributed by atoms with Gasteiger partial charge < -0.3 is 25.4 Å². The number of piperazine rings is 1. The number of aromatic nitrogens is 4. The zero-order chi connectivity index (χ0) is 66.0. The van der Waals surface area contributed by atoms with Crippen molar-refractivity contribution in [3.63, 3.8) is 0 Å². The van der Waals surface area contributed by atoms with Crippen molar-refractivity contribution in [2.45, 2.75) is 190 Å². The van der Waals surface area contributed by atoms with Crippen LogP contribution in [0.3, 0.4) is 0 Å². The SMILES string of the molecule is CC(C)(C)Nc1cc(-n2cnc(-c3ccccc3)c2)cc(C(C)(F)F)c1.CC(C)(C)Nc1cc(-n2cnc3ccccc32)cc(C(C)(F)F)c1.CC(C)(C)Nc1cc(Br)cc(C(C)(F)F)c1.CC1CCN(C(C)(C)C)CC1.CN1CCN(C(C)(C)C)CC1. The lowest BCUT2D eigenvalue weighted by Gasteiger charge is -2.41. The summed E-state index contributed by atoms with van der Waals surface area (Å²) in [4.78, 5) is 16.3. The van der Waals surface area contributed by atoms with Crippen LogP contribution in [0.4, 0.5) is 43.4 Å². The van der Waals surface area contributed by atoms with E-state index in [0.29, 0.717) is 44.0 Å². The second-order valence-corrected chi connectivity index (χ2v) is 29.9. The highest BCUT2D eigenvalue weighted by molar-refractivity contribution is 9.10. The van der Waals surface area contributed by atoms with Crippen molar-refractivity contribution in [2.24, 2.45) is 5.92 Å². The zero-order valence-electron chi connectivity index (χ0n) is 56.1. The maximum absolute atomic E-state index is 14.0. The van der Waals surface area contributed by atoms with Gasteiger partial charge in [0.15, 0.2) is 0 Å². The predicted molar refractivity (Wildman–Crippen MR) is 362 cm³/mol. The van der Waals surface area contributed by atoms with Crippen LogP contribution >= 0.6 is 15.9 Å². The molecule has 0 radical (unpaired) electrons. The first-order valence-electron chi connectivity index (χ1n) is 30.6. The molecule has 0 spiro atoms. The Bertz CT molecular complexity index is 3240. The van der Waals surface area contributed by atoms with E-state index in [0.717, 1.165) is 49.0 Å². The van der Waals surface area contributed by atoms with Gasteiger partial charge >= 0.3 is 0 Å². The number of likely N-dealkylation sites (tertiary alicyclic amines) is 1. The van der Waals surface area contributed by atoms with Crippen LogP contribution in [-0.2, 0) is 17.8 Å². The first-order valence-corrected chi connectivity index (χ1v) is 31.4. The van der Waals surface area contributed by atoms with Crippen molar-refractivity contribution in [1.29, 1.82) is 0 Å². The third-order valence-electron chi connectivity index (χ3n) is 14.7. The maximum atomic E-state index is 14.0. The molecule has 7 aromatic rings. The van der Waals surface area contributed by atoms with E-state index >= 15 is 0 Å². The van der Waals surface area contributed by atoms with Gasteiger partial charge in [-0.05, 0) is 209 Å². The van der Waals surface area contributed by atoms with Crippen LogP contribution in [0.2, 0.25) is 0 Å². The summed E-state index contributed by atoms with van der Waals surface area (Å²) in [5, 5.41) is 9.72. The van der Waals surface area contributed by atoms with Gasteiger partial charge in [0.25, 0.3) is 17.8 Å². The van der Waals surface area contributed by atoms with E-state index in [1.807, 2.05) is 140 Å². The predicted octanol–water partition coefficient (Wildman–Crippen LogP) is 19.5. The summed E-state index contributed by atoms with van der Waals surface area (Å²) in [7, 11) is 2.19. The largest absolute Gasteiger partial charge is 0.380 e. The summed E-state index contributed by atoms with van der Waals surface area (Å²) < 4.78 is 86.5. The molecule has 484 valence electrons. The number of benzene rings is 5. The fraction of sp³-hybridized carbons (Fsp3) is 0.521. The molecule has 2 aromatic heterocycles. The van der Waals surface area contributed by atoms with E-state index in [4.69, 9.17) is 0 Å². The lowest BCUT2D eigenvalue weighted by Crippen LogP contribution is -2.52. The van der Waals surface area contributed by atoms with E-state index in [1.54, 1.807) is 23.3 Å². The molecule has 2 aliphatic rings. The lowest BCUT2D eigenvalue weighted by atomic mass is 9.95. The Kier molecular flexibility index (Phi) is 24.3. The van der Waals surface area contributed by atoms with Gasteiger partial charge in [0, 0.05) is 136 Å². The van der Waals surface area contributed by atoms with Crippen LogP contribution in [0.5, 0.6) is 0 Å². The molecule has 10 nitrogen and oxygen atoms in total. The second-order valence-electron chi connectivity index (χ2n) is 29.0. The first-order chi connectivity index (χ1) is 40.3. The molecular weight excluding hydrogens is 1190 g/mol. The highest BCUT2D eigenvalue weighted by atomic mass is 79.9. The van der Waals surface area contributed by atoms with Crippen molar-refractivity contribution >= 4 is 44.0 Å². The van der Waals surface area contributed by atoms with Gasteiger partial charge in [0.2, 0.25) is 0 Å². The van der Waals surface area contributed by atoms with Gasteiger partial charge in [-0.25, -0.2) is 36.3 Å². The van der Waals surface area contributed by atoms with E-state index in [2.05, 4.69) is 112 Å². The number of anilines is 3. The Labute approximate surface area is 531 Å². The maximum Gasteiger partial charge on any atom is 0.270 e. The van der Waals surface area contributed by atoms with Gasteiger partial charge in [-0.1, -0.05) is 65.3 Å². The summed E-state index contributed by atoms with van der Waals surface area (Å²) >= 11 is 3.24. The fourth-order valence-electron chi connectivity index (χ4n) is 9.92. The summed E-state index contributed by atoms with van der Waals surface area (Å²) in [6, 6.07) is 31.9. The van der Waals surface area contributed by atoms with Crippen molar-refractivity contribution < 1.29 is 26.3 Å². The number of para-hydroxylation sites is 2. The van der Waals surface area contributed by atoms with Gasteiger partial charge in [0.05, 0.1) is 23.1 Å². The number of nitrogens with zero attached hydrogens (tertiary/aromatic N) is 7. The number of halogens is 7. The third-order valence-corrected chi connectivity index (χ3v) is 15.1. The van der Waals surface area contributed by atoms with E-state index in [-0.39, 0.29) is 33.3 Å². The van der Waals surface area contributed by atoms with Crippen LogP contribution in [0.25, 0.3) is 33.7 Å². The molecule has 17 heteroatoms. The highest BCUT2D eigenvalue weighted by Crippen LogP contribution is 2.36. The molecule has 2 aliphatic heterocycles. The quantitative estimate of drug-likeness (QED) is 0.123. The molecular formula is C71H101BrF6N10. The molecule has 2 saturated heterocycles. The summed E-state index contributed by atoms with van der Waals surface area (Å²) in [6.07, 6.45) is 7.94. The number of alkyl halides is 6. The Balaban J connectivity index is 0.000000209. The standard InChI is InChI=1S/C21H23F2N3.C19H21F2N3.C12H16BrF2N.C10H21N.C9H20N2/c1-20(2,3)25-17-10-16(21(4,22)23)11-18(12-17)26-13-19(24-14-26)15-8-6-5-7-9-15;1-18(2,3)23-14-9-13(19(4,20)21)10-15(11-14)24-12-22-16-7-5-6-8-17(16)24;1-11(2,3)16-10-6-8(12(4,14)15)5-9(13)7-10;1-9-5-7-11(8-6-9)10(2,3)4;1-9(2,3)11-7-5-10(4)6-8-11/h5-14,25H,1-4H3;5-12,23H,1-4H3;5-7,16H,1-4H3;9H,5-8H2,1-4H3;5-8H2,1-4H3. The molecule has 4 heterocycles. The zero-order valence-corrected chi connectivity index (χ0v) is 57.7. The van der Waals surface area contributed by atoms with E-state index in [1.165, 1.54) is 88.5 Å². The number of rotatable bonds is 9. The Morgan fingerprint density at radius 1 is 0.466 bits per heavy atom. The van der Waals surface area contributed by atoms with Gasteiger partial charge in [-0.15, -0.1) is 0 Å². The monoisotopic (exact) mass is 1290 g/mol. The number of imidazole rings is 2. The average molecular weight is 1290 g/mol. The minimum atomic E-state index is -2.92. The third kappa shape index (κ3) is 24.1. The molecule has 9 rings (SSSR count). The molecule has 0 saturated carbocycles. The number of fused-ring (bicyclic) bond motifs is 1. The normalized spacial score (nSPS) is 15.4. The fourth-order valence-corrected chi connectivity index (χ4v) is 10.4. The number of likely N-dealkylation sites (N-methyl/N-ethyl adjacent to an activating group) is 1. The van der Waals surface area contributed by atoms with Crippen LogP contribution in [-0.4, -0.2) is 108 Å². The minimum absolute atomic E-state index is 0.00799. The molecule has 3 N–H and O–H groups in total. The van der Waals surface area contributed by atoms with Crippen molar-refractivity contribution in [3.05, 3.63) is 149 Å². The smallest absolute Gasteiger partial charge is 0.270 e. The van der Waals surface area contributed by atoms with Crippen LogP contribution in [0, 0.1) is 5.92 Å². The topological polar surface area (TPSA) is 81.4 Å². The molecule has 2 fully saturated rings. The van der Waals surface area contributed by atoms with Gasteiger partial charge in [0.1, 0.15) is 6.33 Å². The molecule has 0 bridgehead atoms. The number of hydrogen-bond donors (Lipinski definition) is 3. The lowest BCUT2D eigenvalue weighted by molar-refractivity contribution is 0.0168. The summed E-state index contributed by atoms with van der Waals surface area (Å²) in [5.74, 6) is -7.71. The molecule has 0 atom stereocenters. The molecule has 88 heavy (non-hydrogen) atoms. The first kappa shape index (κ1) is 72.9. The Morgan fingerprint density at radius 3 is 1.35 bits per heavy atom. The number of hydrogen-bond acceptors (Lipinski definition) is 8. The minimum Gasteiger partial charge on any atom is -0.380 e. The van der Waals surface area contributed by atoms with Gasteiger partial charge in [-0.2, -0.15) is 0 Å².